The van der Waals surface area contributed by atoms with Gasteiger partial charge < -0.3 is 4.40 Å². The highest BCUT2D eigenvalue weighted by Gasteiger charge is 2.15. The zero-order valence-corrected chi connectivity index (χ0v) is 13.3. The number of nitriles is 1. The van der Waals surface area contributed by atoms with Crippen molar-refractivity contribution in [3.8, 4) is 6.07 Å². The van der Waals surface area contributed by atoms with E-state index in [-0.39, 0.29) is 17.0 Å². The fraction of sp³-hybridized carbons (Fsp3) is 0.0667. The summed E-state index contributed by atoms with van der Waals surface area (Å²) >= 11 is 5.90. The van der Waals surface area contributed by atoms with Gasteiger partial charge in [-0.2, -0.15) is 5.26 Å². The summed E-state index contributed by atoms with van der Waals surface area (Å²) in [4.78, 5) is 4.35. The minimum atomic E-state index is -3.71. The lowest BCUT2D eigenvalue weighted by Crippen LogP contribution is -2.23. The lowest BCUT2D eigenvalue weighted by atomic mass is 10.2. The Morgan fingerprint density at radius 1 is 1.26 bits per heavy atom. The van der Waals surface area contributed by atoms with Crippen LogP contribution >= 0.6 is 11.6 Å². The first-order valence-electron chi connectivity index (χ1n) is 6.61. The number of pyridine rings is 1. The molecule has 0 fully saturated rings. The Balaban J connectivity index is 1.81. The SMILES string of the molecule is N#Cc1cccc(S(=O)(=O)NCc2cn3cc(Cl)ccc3n2)c1. The molecule has 0 saturated carbocycles. The molecule has 0 saturated heterocycles. The molecular weight excluding hydrogens is 336 g/mol. The summed E-state index contributed by atoms with van der Waals surface area (Å²) in [6.45, 7) is 0.0401. The van der Waals surface area contributed by atoms with Gasteiger partial charge in [0, 0.05) is 12.4 Å². The highest BCUT2D eigenvalue weighted by Crippen LogP contribution is 2.14. The monoisotopic (exact) mass is 346 g/mol. The maximum absolute atomic E-state index is 12.3. The van der Waals surface area contributed by atoms with Gasteiger partial charge in [-0.25, -0.2) is 18.1 Å². The molecule has 1 N–H and O–H groups in total. The number of benzene rings is 1. The van der Waals surface area contributed by atoms with Crippen LogP contribution in [0.15, 0.2) is 53.7 Å². The van der Waals surface area contributed by atoms with E-state index in [1.807, 2.05) is 6.07 Å². The molecule has 2 aromatic heterocycles. The summed E-state index contributed by atoms with van der Waals surface area (Å²) in [5, 5.41) is 9.42. The molecule has 3 aromatic rings. The molecule has 0 aliphatic carbocycles. The van der Waals surface area contributed by atoms with Crippen LogP contribution in [0.3, 0.4) is 0 Å². The van der Waals surface area contributed by atoms with E-state index < -0.39 is 10.0 Å². The van der Waals surface area contributed by atoms with Crippen molar-refractivity contribution in [3.63, 3.8) is 0 Å². The van der Waals surface area contributed by atoms with Crippen molar-refractivity contribution in [2.75, 3.05) is 0 Å². The van der Waals surface area contributed by atoms with Crippen molar-refractivity contribution >= 4 is 27.3 Å². The summed E-state index contributed by atoms with van der Waals surface area (Å²) in [5.41, 5.74) is 1.53. The van der Waals surface area contributed by atoms with Gasteiger partial charge in [-0.05, 0) is 30.3 Å². The number of sulfonamides is 1. The minimum Gasteiger partial charge on any atom is -0.305 e. The lowest BCUT2D eigenvalue weighted by molar-refractivity contribution is 0.580. The van der Waals surface area contributed by atoms with E-state index in [1.54, 1.807) is 35.0 Å². The quantitative estimate of drug-likeness (QED) is 0.785. The number of nitrogens with one attached hydrogen (secondary N) is 1. The van der Waals surface area contributed by atoms with Crippen LogP contribution in [-0.2, 0) is 16.6 Å². The summed E-state index contributed by atoms with van der Waals surface area (Å²) < 4.78 is 28.7. The molecule has 6 nitrogen and oxygen atoms in total. The van der Waals surface area contributed by atoms with Crippen LogP contribution in [0.5, 0.6) is 0 Å². The van der Waals surface area contributed by atoms with Crippen molar-refractivity contribution in [1.29, 1.82) is 5.26 Å². The number of fused-ring (bicyclic) bond motifs is 1. The van der Waals surface area contributed by atoms with Crippen LogP contribution in [0.1, 0.15) is 11.3 Å². The Hall–Kier alpha value is -2.40. The zero-order chi connectivity index (χ0) is 16.4. The first-order chi connectivity index (χ1) is 11.0. The maximum atomic E-state index is 12.3. The van der Waals surface area contributed by atoms with Gasteiger partial charge in [0.1, 0.15) is 5.65 Å². The zero-order valence-electron chi connectivity index (χ0n) is 11.8. The molecule has 23 heavy (non-hydrogen) atoms. The standard InChI is InChI=1S/C15H11ClN4O2S/c16-12-4-5-15-19-13(10-20(15)9-12)8-18-23(21,22)14-3-1-2-11(6-14)7-17/h1-6,9-10,18H,8H2. The van der Waals surface area contributed by atoms with Crippen molar-refractivity contribution < 1.29 is 8.42 Å². The van der Waals surface area contributed by atoms with Gasteiger partial charge in [0.25, 0.3) is 0 Å². The van der Waals surface area contributed by atoms with Crippen molar-refractivity contribution in [2.45, 2.75) is 11.4 Å². The van der Waals surface area contributed by atoms with Crippen molar-refractivity contribution in [1.82, 2.24) is 14.1 Å². The lowest BCUT2D eigenvalue weighted by Gasteiger charge is -2.05. The Morgan fingerprint density at radius 3 is 2.87 bits per heavy atom. The van der Waals surface area contributed by atoms with E-state index in [1.165, 1.54) is 18.2 Å². The van der Waals surface area contributed by atoms with Crippen LogP contribution in [0, 0.1) is 11.3 Å². The number of imidazole rings is 1. The molecule has 3 rings (SSSR count). The topological polar surface area (TPSA) is 87.3 Å². The molecule has 8 heteroatoms. The predicted molar refractivity (Wildman–Crippen MR) is 85.4 cm³/mol. The van der Waals surface area contributed by atoms with Crippen molar-refractivity contribution in [2.24, 2.45) is 0 Å². The van der Waals surface area contributed by atoms with E-state index in [2.05, 4.69) is 9.71 Å². The highest BCUT2D eigenvalue weighted by molar-refractivity contribution is 7.89. The molecular formula is C15H11ClN4O2S. The number of halogens is 1. The minimum absolute atomic E-state index is 0.0401. The molecule has 0 aliphatic heterocycles. The van der Waals surface area contributed by atoms with E-state index >= 15 is 0 Å². The molecule has 0 radical (unpaired) electrons. The summed E-state index contributed by atoms with van der Waals surface area (Å²) in [6, 6.07) is 11.2. The molecule has 0 amide bonds. The van der Waals surface area contributed by atoms with E-state index in [0.29, 0.717) is 16.4 Å². The smallest absolute Gasteiger partial charge is 0.240 e. The fourth-order valence-electron chi connectivity index (χ4n) is 2.09. The molecule has 0 unspecified atom stereocenters. The molecule has 0 aliphatic rings. The first kappa shape index (κ1) is 15.5. The van der Waals surface area contributed by atoms with Gasteiger partial charge in [0.15, 0.2) is 0 Å². The van der Waals surface area contributed by atoms with Crippen LogP contribution < -0.4 is 4.72 Å². The third-order valence-electron chi connectivity index (χ3n) is 3.18. The molecule has 0 atom stereocenters. The largest absolute Gasteiger partial charge is 0.305 e. The van der Waals surface area contributed by atoms with Crippen molar-refractivity contribution in [3.05, 3.63) is 65.1 Å². The number of hydrogen-bond acceptors (Lipinski definition) is 4. The second-order valence-electron chi connectivity index (χ2n) is 4.81. The molecule has 1 aromatic carbocycles. The third-order valence-corrected chi connectivity index (χ3v) is 4.80. The van der Waals surface area contributed by atoms with Crippen LogP contribution in [0.2, 0.25) is 5.02 Å². The van der Waals surface area contributed by atoms with Gasteiger partial charge >= 0.3 is 0 Å². The average molecular weight is 347 g/mol. The Bertz CT molecular complexity index is 1020. The Morgan fingerprint density at radius 2 is 2.09 bits per heavy atom. The van der Waals surface area contributed by atoms with E-state index in [9.17, 15) is 8.42 Å². The normalized spacial score (nSPS) is 11.5. The van der Waals surface area contributed by atoms with Gasteiger partial charge in [-0.15, -0.1) is 0 Å². The summed E-state index contributed by atoms with van der Waals surface area (Å²) in [6.07, 6.45) is 3.40. The average Bonchev–Trinajstić information content (AvgIpc) is 2.95. The molecule has 116 valence electrons. The van der Waals surface area contributed by atoms with Gasteiger partial charge in [-0.1, -0.05) is 17.7 Å². The predicted octanol–water partition coefficient (Wildman–Crippen LogP) is 2.34. The Labute approximate surface area is 138 Å². The van der Waals surface area contributed by atoms with E-state index in [4.69, 9.17) is 16.9 Å². The fourth-order valence-corrected chi connectivity index (χ4v) is 3.30. The third kappa shape index (κ3) is 3.35. The second kappa shape index (κ2) is 6.01. The number of aromatic nitrogens is 2. The number of rotatable bonds is 4. The Kier molecular flexibility index (Phi) is 4.05. The molecule has 0 bridgehead atoms. The number of nitrogens with zero attached hydrogens (tertiary/aromatic N) is 3. The van der Waals surface area contributed by atoms with Crippen LogP contribution in [0.25, 0.3) is 5.65 Å². The van der Waals surface area contributed by atoms with E-state index in [0.717, 1.165) is 0 Å². The van der Waals surface area contributed by atoms with Crippen LogP contribution in [0.4, 0.5) is 0 Å². The van der Waals surface area contributed by atoms with Gasteiger partial charge in [0.05, 0.1) is 33.8 Å². The molecule has 2 heterocycles. The summed E-state index contributed by atoms with van der Waals surface area (Å²) in [5.74, 6) is 0. The van der Waals surface area contributed by atoms with Gasteiger partial charge in [-0.3, -0.25) is 0 Å². The highest BCUT2D eigenvalue weighted by atomic mass is 35.5. The van der Waals surface area contributed by atoms with Crippen LogP contribution in [-0.4, -0.2) is 17.8 Å². The van der Waals surface area contributed by atoms with Gasteiger partial charge in [0.2, 0.25) is 10.0 Å². The summed E-state index contributed by atoms with van der Waals surface area (Å²) in [7, 11) is -3.71. The second-order valence-corrected chi connectivity index (χ2v) is 7.01. The molecule has 0 spiro atoms. The number of hydrogen-bond donors (Lipinski definition) is 1. The maximum Gasteiger partial charge on any atom is 0.240 e. The first-order valence-corrected chi connectivity index (χ1v) is 8.47.